The van der Waals surface area contributed by atoms with Crippen LogP contribution in [-0.4, -0.2) is 64.4 Å². The number of hydrogen-bond donors (Lipinski definition) is 1. The normalized spacial score (nSPS) is 15.9. The van der Waals surface area contributed by atoms with Crippen LogP contribution >= 0.6 is 0 Å². The van der Waals surface area contributed by atoms with Gasteiger partial charge < -0.3 is 10.1 Å². The zero-order chi connectivity index (χ0) is 21.7. The van der Waals surface area contributed by atoms with E-state index in [1.165, 1.54) is 32.8 Å². The largest absolute Gasteiger partial charge is 0.495 e. The van der Waals surface area contributed by atoms with Crippen LogP contribution in [0.3, 0.4) is 0 Å². The van der Waals surface area contributed by atoms with Gasteiger partial charge in [-0.05, 0) is 55.6 Å². The van der Waals surface area contributed by atoms with Crippen LogP contribution in [0.4, 0.5) is 5.69 Å². The maximum atomic E-state index is 12.5. The summed E-state index contributed by atoms with van der Waals surface area (Å²) >= 11 is 0. The van der Waals surface area contributed by atoms with Gasteiger partial charge in [0.25, 0.3) is 0 Å². The standard InChI is InChI=1S/C22H29N3O4S/c1-24(2)30(27,28)21-15-19(9-10-20(21)29-3)23-22(26)16-25-13-11-18(12-14-25)17-7-5-4-6-8-17/h4-10,15,18H,11-14,16H2,1-3H3,(H,23,26). The molecule has 8 heteroatoms. The second kappa shape index (κ2) is 9.59. The van der Waals surface area contributed by atoms with Gasteiger partial charge in [-0.2, -0.15) is 0 Å². The average Bonchev–Trinajstić information content (AvgIpc) is 2.74. The molecule has 3 rings (SSSR count). The topological polar surface area (TPSA) is 79.0 Å². The van der Waals surface area contributed by atoms with Gasteiger partial charge in [0.15, 0.2) is 0 Å². The summed E-state index contributed by atoms with van der Waals surface area (Å²) in [5.74, 6) is 0.613. The lowest BCUT2D eigenvalue weighted by Gasteiger charge is -2.31. The Morgan fingerprint density at radius 3 is 2.40 bits per heavy atom. The Bertz CT molecular complexity index is 969. The van der Waals surface area contributed by atoms with E-state index in [0.717, 1.165) is 30.2 Å². The molecule has 162 valence electrons. The molecule has 30 heavy (non-hydrogen) atoms. The van der Waals surface area contributed by atoms with E-state index < -0.39 is 10.0 Å². The number of nitrogens with zero attached hydrogens (tertiary/aromatic N) is 2. The summed E-state index contributed by atoms with van der Waals surface area (Å²) in [5, 5.41) is 2.82. The number of carbonyl (C=O) groups excluding carboxylic acids is 1. The van der Waals surface area contributed by atoms with Crippen molar-refractivity contribution >= 4 is 21.6 Å². The minimum Gasteiger partial charge on any atom is -0.495 e. The van der Waals surface area contributed by atoms with Crippen LogP contribution in [0.1, 0.15) is 24.3 Å². The fourth-order valence-electron chi connectivity index (χ4n) is 3.71. The van der Waals surface area contributed by atoms with E-state index in [9.17, 15) is 13.2 Å². The van der Waals surface area contributed by atoms with Crippen LogP contribution in [0.2, 0.25) is 0 Å². The first-order valence-electron chi connectivity index (χ1n) is 9.99. The smallest absolute Gasteiger partial charge is 0.246 e. The van der Waals surface area contributed by atoms with Crippen molar-refractivity contribution in [2.75, 3.05) is 46.2 Å². The Hall–Kier alpha value is -2.42. The van der Waals surface area contributed by atoms with Crippen molar-refractivity contribution in [1.29, 1.82) is 0 Å². The highest BCUT2D eigenvalue weighted by atomic mass is 32.2. The Kier molecular flexibility index (Phi) is 7.12. The maximum Gasteiger partial charge on any atom is 0.246 e. The zero-order valence-electron chi connectivity index (χ0n) is 17.7. The molecule has 0 aromatic heterocycles. The van der Waals surface area contributed by atoms with Gasteiger partial charge >= 0.3 is 0 Å². The zero-order valence-corrected chi connectivity index (χ0v) is 18.5. The quantitative estimate of drug-likeness (QED) is 0.729. The SMILES string of the molecule is COc1ccc(NC(=O)CN2CCC(c3ccccc3)CC2)cc1S(=O)(=O)N(C)C. The number of hydrogen-bond acceptors (Lipinski definition) is 5. The van der Waals surface area contributed by atoms with E-state index >= 15 is 0 Å². The molecule has 1 heterocycles. The number of rotatable bonds is 7. The van der Waals surface area contributed by atoms with E-state index in [1.807, 2.05) is 6.07 Å². The molecule has 1 N–H and O–H groups in total. The predicted octanol–water partition coefficient (Wildman–Crippen LogP) is 2.76. The van der Waals surface area contributed by atoms with Crippen LogP contribution < -0.4 is 10.1 Å². The third-order valence-electron chi connectivity index (χ3n) is 5.43. The van der Waals surface area contributed by atoms with Crippen LogP contribution in [0.5, 0.6) is 5.75 Å². The molecule has 1 aliphatic rings. The summed E-state index contributed by atoms with van der Waals surface area (Å²) in [6, 6.07) is 15.1. The van der Waals surface area contributed by atoms with E-state index in [-0.39, 0.29) is 23.1 Å². The Balaban J connectivity index is 1.60. The van der Waals surface area contributed by atoms with Gasteiger partial charge in [0.05, 0.1) is 13.7 Å². The second-order valence-electron chi connectivity index (χ2n) is 7.66. The third kappa shape index (κ3) is 5.19. The molecule has 1 saturated heterocycles. The molecule has 1 fully saturated rings. The maximum absolute atomic E-state index is 12.5. The number of sulfonamides is 1. The molecular weight excluding hydrogens is 402 g/mol. The summed E-state index contributed by atoms with van der Waals surface area (Å²) in [6.07, 6.45) is 2.04. The highest BCUT2D eigenvalue weighted by Gasteiger charge is 2.24. The van der Waals surface area contributed by atoms with E-state index in [2.05, 4.69) is 34.5 Å². The summed E-state index contributed by atoms with van der Waals surface area (Å²) in [7, 11) is 0.642. The number of piperidine rings is 1. The molecule has 2 aromatic rings. The van der Waals surface area contributed by atoms with Gasteiger partial charge in [0, 0.05) is 19.8 Å². The molecule has 0 radical (unpaired) electrons. The van der Waals surface area contributed by atoms with Crippen LogP contribution in [-0.2, 0) is 14.8 Å². The van der Waals surface area contributed by atoms with Crippen molar-refractivity contribution in [2.24, 2.45) is 0 Å². The first-order valence-corrected chi connectivity index (χ1v) is 11.4. The number of amides is 1. The van der Waals surface area contributed by atoms with Crippen molar-refractivity contribution in [1.82, 2.24) is 9.21 Å². The van der Waals surface area contributed by atoms with Crippen LogP contribution in [0.15, 0.2) is 53.4 Å². The van der Waals surface area contributed by atoms with E-state index in [4.69, 9.17) is 4.74 Å². The van der Waals surface area contributed by atoms with Crippen molar-refractivity contribution in [3.05, 3.63) is 54.1 Å². The highest BCUT2D eigenvalue weighted by Crippen LogP contribution is 2.29. The summed E-state index contributed by atoms with van der Waals surface area (Å²) in [4.78, 5) is 14.7. The molecule has 0 spiro atoms. The fourth-order valence-corrected chi connectivity index (χ4v) is 4.78. The minimum atomic E-state index is -3.69. The Labute approximate surface area is 178 Å². The molecule has 0 aliphatic carbocycles. The van der Waals surface area contributed by atoms with Crippen molar-refractivity contribution in [2.45, 2.75) is 23.7 Å². The lowest BCUT2D eigenvalue weighted by molar-refractivity contribution is -0.117. The van der Waals surface area contributed by atoms with Gasteiger partial charge in [0.2, 0.25) is 15.9 Å². The minimum absolute atomic E-state index is 0.0245. The molecule has 0 unspecified atom stereocenters. The van der Waals surface area contributed by atoms with E-state index in [0.29, 0.717) is 11.6 Å². The number of anilines is 1. The Morgan fingerprint density at radius 2 is 1.80 bits per heavy atom. The first-order chi connectivity index (χ1) is 14.3. The molecule has 0 saturated carbocycles. The average molecular weight is 432 g/mol. The van der Waals surface area contributed by atoms with Gasteiger partial charge in [0.1, 0.15) is 10.6 Å². The summed E-state index contributed by atoms with van der Waals surface area (Å²) < 4.78 is 31.4. The number of ether oxygens (including phenoxy) is 1. The Morgan fingerprint density at radius 1 is 1.13 bits per heavy atom. The summed E-state index contributed by atoms with van der Waals surface area (Å²) in [6.45, 7) is 2.00. The highest BCUT2D eigenvalue weighted by molar-refractivity contribution is 7.89. The van der Waals surface area contributed by atoms with Crippen LogP contribution in [0, 0.1) is 0 Å². The monoisotopic (exact) mass is 431 g/mol. The van der Waals surface area contributed by atoms with Gasteiger partial charge in [-0.1, -0.05) is 30.3 Å². The van der Waals surface area contributed by atoms with Gasteiger partial charge in [-0.25, -0.2) is 12.7 Å². The first kappa shape index (κ1) is 22.3. The third-order valence-corrected chi connectivity index (χ3v) is 7.27. The van der Waals surface area contributed by atoms with E-state index in [1.54, 1.807) is 12.1 Å². The molecular formula is C22H29N3O4S. The number of likely N-dealkylation sites (tertiary alicyclic amines) is 1. The number of carbonyl (C=O) groups is 1. The van der Waals surface area contributed by atoms with Crippen molar-refractivity contribution in [3.63, 3.8) is 0 Å². The molecule has 1 amide bonds. The second-order valence-corrected chi connectivity index (χ2v) is 9.78. The molecule has 7 nitrogen and oxygen atoms in total. The van der Waals surface area contributed by atoms with Crippen molar-refractivity contribution in [3.8, 4) is 5.75 Å². The van der Waals surface area contributed by atoms with Crippen molar-refractivity contribution < 1.29 is 17.9 Å². The van der Waals surface area contributed by atoms with Gasteiger partial charge in [-0.3, -0.25) is 9.69 Å². The number of benzene rings is 2. The lowest BCUT2D eigenvalue weighted by atomic mass is 9.89. The molecule has 0 bridgehead atoms. The van der Waals surface area contributed by atoms with Gasteiger partial charge in [-0.15, -0.1) is 0 Å². The molecule has 0 atom stereocenters. The number of methoxy groups -OCH3 is 1. The predicted molar refractivity (Wildman–Crippen MR) is 117 cm³/mol. The molecule has 2 aromatic carbocycles. The summed E-state index contributed by atoms with van der Waals surface area (Å²) in [5.41, 5.74) is 1.79. The fraction of sp³-hybridized carbons (Fsp3) is 0.409. The number of nitrogens with one attached hydrogen (secondary N) is 1. The molecule has 1 aliphatic heterocycles. The lowest BCUT2D eigenvalue weighted by Crippen LogP contribution is -2.38. The van der Waals surface area contributed by atoms with Crippen LogP contribution in [0.25, 0.3) is 0 Å².